The molecule has 9 heteroatoms. The number of hydrogen-bond acceptors (Lipinski definition) is 6. The summed E-state index contributed by atoms with van der Waals surface area (Å²) in [5.41, 5.74) is 1.14. The molecule has 0 aliphatic carbocycles. The van der Waals surface area contributed by atoms with Gasteiger partial charge in [-0.1, -0.05) is 5.16 Å². The molecule has 0 unspecified atom stereocenters. The molecule has 3 rings (SSSR count). The van der Waals surface area contributed by atoms with Crippen LogP contribution in [0.25, 0.3) is 0 Å². The second-order valence-electron chi connectivity index (χ2n) is 7.61. The molecule has 28 heavy (non-hydrogen) atoms. The van der Waals surface area contributed by atoms with Crippen LogP contribution in [-0.4, -0.2) is 65.0 Å². The van der Waals surface area contributed by atoms with E-state index in [1.165, 1.54) is 6.42 Å². The Labute approximate surface area is 164 Å². The van der Waals surface area contributed by atoms with Gasteiger partial charge >= 0.3 is 6.03 Å². The SMILES string of the molecule is Cc1noc(C)c1NC(=O)N[C@@H]1CC[C@H](CC(=O)N2CCCCC2)O[C@H]1CO. The number of nitrogens with one attached hydrogen (secondary N) is 2. The van der Waals surface area contributed by atoms with Crippen molar-refractivity contribution in [1.29, 1.82) is 0 Å². The lowest BCUT2D eigenvalue weighted by atomic mass is 9.96. The molecular weight excluding hydrogens is 364 g/mol. The van der Waals surface area contributed by atoms with E-state index in [0.717, 1.165) is 25.9 Å². The zero-order valence-electron chi connectivity index (χ0n) is 16.6. The predicted octanol–water partition coefficient (Wildman–Crippen LogP) is 1.72. The highest BCUT2D eigenvalue weighted by molar-refractivity contribution is 5.90. The van der Waals surface area contributed by atoms with Gasteiger partial charge in [-0.25, -0.2) is 4.79 Å². The summed E-state index contributed by atoms with van der Waals surface area (Å²) in [6.07, 6.45) is 4.16. The van der Waals surface area contributed by atoms with Crippen LogP contribution in [-0.2, 0) is 9.53 Å². The Morgan fingerprint density at radius 2 is 1.96 bits per heavy atom. The van der Waals surface area contributed by atoms with Gasteiger partial charge in [0.2, 0.25) is 5.91 Å². The fourth-order valence-corrected chi connectivity index (χ4v) is 3.89. The van der Waals surface area contributed by atoms with Gasteiger partial charge in [-0.3, -0.25) is 4.79 Å². The fraction of sp³-hybridized carbons (Fsp3) is 0.737. The van der Waals surface area contributed by atoms with E-state index in [2.05, 4.69) is 15.8 Å². The van der Waals surface area contributed by atoms with Crippen molar-refractivity contribution in [2.75, 3.05) is 25.0 Å². The van der Waals surface area contributed by atoms with E-state index in [-0.39, 0.29) is 24.7 Å². The second-order valence-corrected chi connectivity index (χ2v) is 7.61. The highest BCUT2D eigenvalue weighted by atomic mass is 16.5. The summed E-state index contributed by atoms with van der Waals surface area (Å²) >= 11 is 0. The number of rotatable bonds is 5. The molecule has 156 valence electrons. The largest absolute Gasteiger partial charge is 0.394 e. The molecule has 3 amide bonds. The summed E-state index contributed by atoms with van der Waals surface area (Å²) in [4.78, 5) is 26.7. The van der Waals surface area contributed by atoms with Gasteiger partial charge in [0, 0.05) is 13.1 Å². The Morgan fingerprint density at radius 1 is 1.21 bits per heavy atom. The fourth-order valence-electron chi connectivity index (χ4n) is 3.89. The summed E-state index contributed by atoms with van der Waals surface area (Å²) in [5.74, 6) is 0.645. The molecular formula is C19H30N4O5. The first-order valence-corrected chi connectivity index (χ1v) is 10.0. The average molecular weight is 394 g/mol. The second kappa shape index (κ2) is 9.38. The first-order chi connectivity index (χ1) is 13.5. The minimum absolute atomic E-state index is 0.115. The number of carbonyl (C=O) groups excluding carboxylic acids is 2. The van der Waals surface area contributed by atoms with Gasteiger partial charge in [-0.2, -0.15) is 0 Å². The van der Waals surface area contributed by atoms with Gasteiger partial charge in [-0.15, -0.1) is 0 Å². The van der Waals surface area contributed by atoms with Crippen molar-refractivity contribution in [1.82, 2.24) is 15.4 Å². The monoisotopic (exact) mass is 394 g/mol. The maximum atomic E-state index is 12.5. The standard InChI is InChI=1S/C19H30N4O5/c1-12-18(13(2)28-22-12)21-19(26)20-15-7-6-14(27-16(15)11-24)10-17(25)23-8-4-3-5-9-23/h14-16,24H,3-11H2,1-2H3,(H2,20,21,26)/t14-,15-,16+/m1/s1. The number of anilines is 1. The molecule has 1 aromatic heterocycles. The lowest BCUT2D eigenvalue weighted by molar-refractivity contribution is -0.141. The van der Waals surface area contributed by atoms with Crippen molar-refractivity contribution in [3.63, 3.8) is 0 Å². The van der Waals surface area contributed by atoms with Crippen molar-refractivity contribution in [2.45, 2.75) is 70.6 Å². The molecule has 3 atom stereocenters. The van der Waals surface area contributed by atoms with E-state index in [1.807, 2.05) is 4.90 Å². The van der Waals surface area contributed by atoms with E-state index in [0.29, 0.717) is 36.4 Å². The maximum absolute atomic E-state index is 12.5. The predicted molar refractivity (Wildman–Crippen MR) is 102 cm³/mol. The molecule has 9 nitrogen and oxygen atoms in total. The molecule has 2 fully saturated rings. The minimum atomic E-state index is -0.539. The normalized spacial score (nSPS) is 25.4. The smallest absolute Gasteiger partial charge is 0.319 e. The number of carbonyl (C=O) groups is 2. The Morgan fingerprint density at radius 3 is 2.61 bits per heavy atom. The first kappa shape index (κ1) is 20.6. The third-order valence-corrected chi connectivity index (χ3v) is 5.50. The number of amides is 3. The van der Waals surface area contributed by atoms with Crippen LogP contribution in [0.3, 0.4) is 0 Å². The van der Waals surface area contributed by atoms with Crippen LogP contribution in [0.1, 0.15) is 50.0 Å². The van der Waals surface area contributed by atoms with Gasteiger partial charge in [0.25, 0.3) is 0 Å². The van der Waals surface area contributed by atoms with Gasteiger partial charge in [-0.05, 0) is 46.0 Å². The van der Waals surface area contributed by atoms with E-state index in [4.69, 9.17) is 9.26 Å². The maximum Gasteiger partial charge on any atom is 0.319 e. The van der Waals surface area contributed by atoms with Crippen molar-refractivity contribution in [3.05, 3.63) is 11.5 Å². The number of aryl methyl sites for hydroxylation is 2. The first-order valence-electron chi connectivity index (χ1n) is 10.0. The highest BCUT2D eigenvalue weighted by Gasteiger charge is 2.34. The van der Waals surface area contributed by atoms with Gasteiger partial charge < -0.3 is 29.9 Å². The third-order valence-electron chi connectivity index (χ3n) is 5.50. The van der Waals surface area contributed by atoms with Gasteiger partial charge in [0.05, 0.1) is 25.2 Å². The number of nitrogens with zero attached hydrogens (tertiary/aromatic N) is 2. The minimum Gasteiger partial charge on any atom is -0.394 e. The Balaban J connectivity index is 1.50. The third kappa shape index (κ3) is 5.02. The molecule has 3 N–H and O–H groups in total. The van der Waals surface area contributed by atoms with E-state index in [9.17, 15) is 14.7 Å². The molecule has 0 bridgehead atoms. The molecule has 2 saturated heterocycles. The van der Waals surface area contributed by atoms with Crippen LogP contribution in [0.2, 0.25) is 0 Å². The Hall–Kier alpha value is -2.13. The summed E-state index contributed by atoms with van der Waals surface area (Å²) < 4.78 is 11.0. The zero-order chi connectivity index (χ0) is 20.1. The number of hydrogen-bond donors (Lipinski definition) is 3. The van der Waals surface area contributed by atoms with Crippen molar-refractivity contribution >= 4 is 17.6 Å². The van der Waals surface area contributed by atoms with Crippen molar-refractivity contribution < 1.29 is 24.0 Å². The number of likely N-dealkylation sites (tertiary alicyclic amines) is 1. The number of aliphatic hydroxyl groups is 1. The highest BCUT2D eigenvalue weighted by Crippen LogP contribution is 2.24. The molecule has 1 aromatic rings. The quantitative estimate of drug-likeness (QED) is 0.700. The summed E-state index contributed by atoms with van der Waals surface area (Å²) in [5, 5.41) is 19.1. The number of aromatic nitrogens is 1. The van der Waals surface area contributed by atoms with Crippen LogP contribution in [0.5, 0.6) is 0 Å². The number of ether oxygens (including phenoxy) is 1. The van der Waals surface area contributed by atoms with E-state index in [1.54, 1.807) is 13.8 Å². The van der Waals surface area contributed by atoms with Crippen molar-refractivity contribution in [2.24, 2.45) is 0 Å². The van der Waals surface area contributed by atoms with E-state index >= 15 is 0 Å². The summed E-state index contributed by atoms with van der Waals surface area (Å²) in [7, 11) is 0. The average Bonchev–Trinajstić information content (AvgIpc) is 3.01. The lowest BCUT2D eigenvalue weighted by Gasteiger charge is -2.37. The van der Waals surface area contributed by atoms with Crippen LogP contribution in [0, 0.1) is 13.8 Å². The molecule has 0 saturated carbocycles. The number of urea groups is 1. The number of piperidine rings is 1. The topological polar surface area (TPSA) is 117 Å². The molecule has 0 aromatic carbocycles. The van der Waals surface area contributed by atoms with Crippen molar-refractivity contribution in [3.8, 4) is 0 Å². The zero-order valence-corrected chi connectivity index (χ0v) is 16.6. The molecule has 0 spiro atoms. The molecule has 3 heterocycles. The van der Waals surface area contributed by atoms with Crippen LogP contribution >= 0.6 is 0 Å². The van der Waals surface area contributed by atoms with Crippen LogP contribution < -0.4 is 10.6 Å². The van der Waals surface area contributed by atoms with Crippen LogP contribution in [0.4, 0.5) is 10.5 Å². The Bertz CT molecular complexity index is 666. The molecule has 2 aliphatic rings. The Kier molecular flexibility index (Phi) is 6.90. The van der Waals surface area contributed by atoms with Gasteiger partial charge in [0.1, 0.15) is 17.5 Å². The van der Waals surface area contributed by atoms with Gasteiger partial charge in [0.15, 0.2) is 5.76 Å². The number of aliphatic hydroxyl groups excluding tert-OH is 1. The van der Waals surface area contributed by atoms with Crippen LogP contribution in [0.15, 0.2) is 4.52 Å². The summed E-state index contributed by atoms with van der Waals surface area (Å²) in [6, 6.07) is -0.726. The molecule has 0 radical (unpaired) electrons. The summed E-state index contributed by atoms with van der Waals surface area (Å²) in [6.45, 7) is 4.89. The lowest BCUT2D eigenvalue weighted by Crippen LogP contribution is -2.52. The molecule has 2 aliphatic heterocycles. The van der Waals surface area contributed by atoms with E-state index < -0.39 is 12.1 Å².